The number of hydrazone groups is 1. The van der Waals surface area contributed by atoms with Crippen LogP contribution in [0.15, 0.2) is 66.3 Å². The molecule has 2 amide bonds. The van der Waals surface area contributed by atoms with E-state index in [0.717, 1.165) is 6.08 Å². The predicted octanol–water partition coefficient (Wildman–Crippen LogP) is 0.349. The van der Waals surface area contributed by atoms with E-state index in [2.05, 4.69) is 22.4 Å². The second kappa shape index (κ2) is 13.7. The van der Waals surface area contributed by atoms with Crippen LogP contribution in [0.25, 0.3) is 0 Å². The van der Waals surface area contributed by atoms with Crippen LogP contribution in [0.1, 0.15) is 18.1 Å². The van der Waals surface area contributed by atoms with E-state index >= 15 is 0 Å². The number of amides is 2. The lowest BCUT2D eigenvalue weighted by atomic mass is 10.0. The molecule has 0 bridgehead atoms. The highest BCUT2D eigenvalue weighted by Gasteiger charge is 2.11. The van der Waals surface area contributed by atoms with Crippen molar-refractivity contribution < 1.29 is 34.4 Å². The quantitative estimate of drug-likeness (QED) is 0.161. The third-order valence-corrected chi connectivity index (χ3v) is 4.37. The van der Waals surface area contributed by atoms with Crippen LogP contribution in [-0.4, -0.2) is 71.4 Å². The molecule has 2 aromatic rings. The zero-order chi connectivity index (χ0) is 24.9. The Bertz CT molecular complexity index is 975. The number of hydrogen-bond acceptors (Lipinski definition) is 8. The van der Waals surface area contributed by atoms with Crippen molar-refractivity contribution in [3.63, 3.8) is 0 Å². The van der Waals surface area contributed by atoms with Crippen molar-refractivity contribution in [1.29, 1.82) is 0 Å². The Kier molecular flexibility index (Phi) is 10.7. The minimum absolute atomic E-state index is 0.0178. The van der Waals surface area contributed by atoms with Crippen molar-refractivity contribution in [3.05, 3.63) is 72.3 Å². The molecule has 10 nitrogen and oxygen atoms in total. The largest absolute Gasteiger partial charge is 0.491 e. The Labute approximate surface area is 197 Å². The number of ether oxygens (including phenoxy) is 2. The van der Waals surface area contributed by atoms with E-state index < -0.39 is 18.8 Å². The van der Waals surface area contributed by atoms with E-state index in [1.165, 1.54) is 6.92 Å². The first-order chi connectivity index (χ1) is 16.3. The molecule has 5 N–H and O–H groups in total. The summed E-state index contributed by atoms with van der Waals surface area (Å²) in [6, 6.07) is 13.8. The molecule has 0 radical (unpaired) electrons. The summed E-state index contributed by atoms with van der Waals surface area (Å²) >= 11 is 0. The van der Waals surface area contributed by atoms with Gasteiger partial charge in [-0.3, -0.25) is 9.59 Å². The van der Waals surface area contributed by atoms with Crippen molar-refractivity contribution in [3.8, 4) is 11.5 Å². The van der Waals surface area contributed by atoms with Crippen LogP contribution in [0.4, 0.5) is 0 Å². The van der Waals surface area contributed by atoms with Crippen molar-refractivity contribution >= 4 is 17.5 Å². The summed E-state index contributed by atoms with van der Waals surface area (Å²) in [4.78, 5) is 22.6. The van der Waals surface area contributed by atoms with Gasteiger partial charge in [-0.05, 0) is 54.6 Å². The minimum atomic E-state index is -0.968. The Morgan fingerprint density at radius 3 is 1.91 bits per heavy atom. The van der Waals surface area contributed by atoms with Crippen LogP contribution in [-0.2, 0) is 9.59 Å². The van der Waals surface area contributed by atoms with Crippen molar-refractivity contribution in [2.45, 2.75) is 19.1 Å². The lowest BCUT2D eigenvalue weighted by molar-refractivity contribution is -0.119. The number of nitrogens with zero attached hydrogens (tertiary/aromatic N) is 1. The molecular weight excluding hydrogens is 442 g/mol. The third kappa shape index (κ3) is 9.02. The first kappa shape index (κ1) is 26.5. The average molecular weight is 472 g/mol. The molecule has 0 heterocycles. The van der Waals surface area contributed by atoms with Gasteiger partial charge >= 0.3 is 0 Å². The molecule has 0 aliphatic carbocycles. The second-order valence-electron chi connectivity index (χ2n) is 7.24. The Balaban J connectivity index is 2.08. The number of rotatable bonds is 13. The zero-order valence-corrected chi connectivity index (χ0v) is 18.8. The summed E-state index contributed by atoms with van der Waals surface area (Å²) in [7, 11) is 0. The van der Waals surface area contributed by atoms with Gasteiger partial charge in [-0.25, -0.2) is 5.43 Å². The summed E-state index contributed by atoms with van der Waals surface area (Å²) in [6.45, 7) is 4.28. The Morgan fingerprint density at radius 2 is 1.47 bits per heavy atom. The first-order valence-corrected chi connectivity index (χ1v) is 10.5. The van der Waals surface area contributed by atoms with Crippen LogP contribution >= 0.6 is 0 Å². The van der Waals surface area contributed by atoms with Gasteiger partial charge in [-0.1, -0.05) is 6.58 Å². The molecule has 0 aliphatic heterocycles. The summed E-state index contributed by atoms with van der Waals surface area (Å²) in [5, 5.41) is 34.9. The molecule has 2 atom stereocenters. The molecule has 34 heavy (non-hydrogen) atoms. The summed E-state index contributed by atoms with van der Waals surface area (Å²) in [5.41, 5.74) is 4.33. The van der Waals surface area contributed by atoms with Crippen molar-refractivity contribution in [1.82, 2.24) is 10.7 Å². The molecule has 0 saturated heterocycles. The maximum absolute atomic E-state index is 11.4. The highest BCUT2D eigenvalue weighted by Crippen LogP contribution is 2.19. The summed E-state index contributed by atoms with van der Waals surface area (Å²) in [5.74, 6) is 0.300. The summed E-state index contributed by atoms with van der Waals surface area (Å²) in [6.07, 6.45) is -0.738. The number of carbonyl (C=O) groups excluding carboxylic acids is 2. The fourth-order valence-electron chi connectivity index (χ4n) is 2.64. The van der Waals surface area contributed by atoms with E-state index in [1.807, 2.05) is 0 Å². The minimum Gasteiger partial charge on any atom is -0.491 e. The SMILES string of the molecule is C=CC(=O)NCC(O)COc1ccc(/C(=N\NC(C)=O)c2ccc(OCC(O)CO)cc2)cc1. The molecule has 0 saturated carbocycles. The fourth-order valence-corrected chi connectivity index (χ4v) is 2.64. The number of aliphatic hydroxyl groups is 3. The molecule has 2 aromatic carbocycles. The number of benzene rings is 2. The lowest BCUT2D eigenvalue weighted by Gasteiger charge is -2.14. The van der Waals surface area contributed by atoms with Gasteiger partial charge in [0.15, 0.2) is 0 Å². The highest BCUT2D eigenvalue weighted by atomic mass is 16.5. The molecule has 182 valence electrons. The van der Waals surface area contributed by atoms with Gasteiger partial charge in [0.1, 0.15) is 36.9 Å². The molecule has 2 unspecified atom stereocenters. The predicted molar refractivity (Wildman–Crippen MR) is 126 cm³/mol. The summed E-state index contributed by atoms with van der Waals surface area (Å²) < 4.78 is 11.0. The van der Waals surface area contributed by atoms with Crippen molar-refractivity contribution in [2.24, 2.45) is 5.10 Å². The molecular formula is C24H29N3O7. The normalized spacial score (nSPS) is 12.9. The van der Waals surface area contributed by atoms with Crippen LogP contribution in [0, 0.1) is 0 Å². The van der Waals surface area contributed by atoms with Crippen LogP contribution in [0.2, 0.25) is 0 Å². The molecule has 0 aliphatic rings. The van der Waals surface area contributed by atoms with Gasteiger partial charge in [0.25, 0.3) is 0 Å². The maximum atomic E-state index is 11.4. The Morgan fingerprint density at radius 1 is 0.971 bits per heavy atom. The monoisotopic (exact) mass is 471 g/mol. The first-order valence-electron chi connectivity index (χ1n) is 10.5. The molecule has 0 fully saturated rings. The average Bonchev–Trinajstić information content (AvgIpc) is 2.85. The smallest absolute Gasteiger partial charge is 0.243 e. The number of carbonyl (C=O) groups is 2. The maximum Gasteiger partial charge on any atom is 0.243 e. The van der Waals surface area contributed by atoms with Crippen LogP contribution in [0.5, 0.6) is 11.5 Å². The zero-order valence-electron chi connectivity index (χ0n) is 18.8. The standard InChI is InChI=1S/C24H29N3O7/c1-3-23(32)25-12-19(30)14-33-21-8-4-17(5-9-21)24(27-26-16(2)29)18-6-10-22(11-7-18)34-15-20(31)13-28/h3-11,19-20,28,30-31H,1,12-15H2,2H3,(H,25,32)(H,26,29)/b27-24+. The third-order valence-electron chi connectivity index (χ3n) is 4.37. The van der Waals surface area contributed by atoms with Crippen molar-refractivity contribution in [2.75, 3.05) is 26.4 Å². The molecule has 10 heteroatoms. The topological polar surface area (TPSA) is 150 Å². The fraction of sp³-hybridized carbons (Fsp3) is 0.292. The Hall–Kier alpha value is -3.73. The van der Waals surface area contributed by atoms with E-state index in [9.17, 15) is 19.8 Å². The van der Waals surface area contributed by atoms with Gasteiger partial charge in [0, 0.05) is 24.6 Å². The van der Waals surface area contributed by atoms with E-state index in [-0.39, 0.29) is 31.6 Å². The number of hydrogen-bond donors (Lipinski definition) is 5. The van der Waals surface area contributed by atoms with Gasteiger partial charge < -0.3 is 30.1 Å². The van der Waals surface area contributed by atoms with E-state index in [4.69, 9.17) is 14.6 Å². The number of nitrogens with one attached hydrogen (secondary N) is 2. The van der Waals surface area contributed by atoms with Gasteiger partial charge in [-0.15, -0.1) is 0 Å². The molecule has 0 aromatic heterocycles. The van der Waals surface area contributed by atoms with E-state index in [1.54, 1.807) is 48.5 Å². The van der Waals surface area contributed by atoms with Gasteiger partial charge in [0.2, 0.25) is 11.8 Å². The molecule has 0 spiro atoms. The second-order valence-corrected chi connectivity index (χ2v) is 7.24. The van der Waals surface area contributed by atoms with Gasteiger partial charge in [0.05, 0.1) is 12.3 Å². The van der Waals surface area contributed by atoms with Crippen LogP contribution in [0.3, 0.4) is 0 Å². The number of aliphatic hydroxyl groups excluding tert-OH is 3. The van der Waals surface area contributed by atoms with E-state index in [0.29, 0.717) is 28.3 Å². The van der Waals surface area contributed by atoms with Gasteiger partial charge in [-0.2, -0.15) is 5.10 Å². The lowest BCUT2D eigenvalue weighted by Crippen LogP contribution is -2.34. The van der Waals surface area contributed by atoms with Crippen LogP contribution < -0.4 is 20.2 Å². The highest BCUT2D eigenvalue weighted by molar-refractivity contribution is 6.13. The molecule has 2 rings (SSSR count).